The minimum absolute atomic E-state index is 0.117. The molecule has 0 aliphatic rings. The Labute approximate surface area is 128 Å². The topological polar surface area (TPSA) is 71.9 Å². The predicted molar refractivity (Wildman–Crippen MR) is 83.2 cm³/mol. The van der Waals surface area contributed by atoms with Gasteiger partial charge in [-0.15, -0.1) is 0 Å². The molecule has 4 nitrogen and oxygen atoms in total. The number of nitrogens with zero attached hydrogens (tertiary/aromatic N) is 1. The fraction of sp³-hybridized carbons (Fsp3) is 0.250. The van der Waals surface area contributed by atoms with E-state index >= 15 is 0 Å². The highest BCUT2D eigenvalue weighted by Gasteiger charge is 2.08. The lowest BCUT2D eigenvalue weighted by Gasteiger charge is -2.10. The first-order valence-corrected chi connectivity index (χ1v) is 7.24. The third kappa shape index (κ3) is 4.20. The van der Waals surface area contributed by atoms with Crippen LogP contribution in [0.25, 0.3) is 0 Å². The Kier molecular flexibility index (Phi) is 5.17. The first-order valence-electron chi connectivity index (χ1n) is 6.86. The molecule has 0 atom stereocenters. The summed E-state index contributed by atoms with van der Waals surface area (Å²) in [6.07, 6.45) is 4.58. The van der Waals surface area contributed by atoms with Crippen LogP contribution >= 0.6 is 11.6 Å². The van der Waals surface area contributed by atoms with Crippen molar-refractivity contribution < 1.29 is 4.79 Å². The molecule has 110 valence electrons. The van der Waals surface area contributed by atoms with Gasteiger partial charge in [0.1, 0.15) is 5.49 Å². The van der Waals surface area contributed by atoms with Crippen molar-refractivity contribution in [3.8, 4) is 0 Å². The van der Waals surface area contributed by atoms with E-state index in [2.05, 4.69) is 12.1 Å². The number of primary amides is 1. The number of rotatable bonds is 6. The van der Waals surface area contributed by atoms with E-state index in [-0.39, 0.29) is 11.1 Å². The number of amides is 1. The van der Waals surface area contributed by atoms with Crippen LogP contribution < -0.4 is 11.2 Å². The van der Waals surface area contributed by atoms with Gasteiger partial charge in [-0.3, -0.25) is 10.2 Å². The van der Waals surface area contributed by atoms with Gasteiger partial charge in [0.15, 0.2) is 0 Å². The van der Waals surface area contributed by atoms with Crippen molar-refractivity contribution in [1.29, 1.82) is 5.41 Å². The predicted octanol–water partition coefficient (Wildman–Crippen LogP) is 2.74. The molecule has 1 aromatic heterocycles. The van der Waals surface area contributed by atoms with Crippen LogP contribution in [0.2, 0.25) is 5.02 Å². The SMILES string of the molecule is N=c1c(C(N)=O)cc(Cl)cn1CCCCc1ccccc1. The van der Waals surface area contributed by atoms with Crippen molar-refractivity contribution in [3.63, 3.8) is 0 Å². The zero-order valence-electron chi connectivity index (χ0n) is 11.7. The summed E-state index contributed by atoms with van der Waals surface area (Å²) in [6.45, 7) is 0.645. The van der Waals surface area contributed by atoms with Gasteiger partial charge in [0, 0.05) is 12.7 Å². The van der Waals surface area contributed by atoms with Gasteiger partial charge in [-0.1, -0.05) is 41.9 Å². The van der Waals surface area contributed by atoms with Gasteiger partial charge in [-0.05, 0) is 30.9 Å². The molecule has 2 aromatic rings. The van der Waals surface area contributed by atoms with Crippen molar-refractivity contribution >= 4 is 17.5 Å². The van der Waals surface area contributed by atoms with Gasteiger partial charge in [0.05, 0.1) is 10.6 Å². The molecule has 21 heavy (non-hydrogen) atoms. The van der Waals surface area contributed by atoms with Gasteiger partial charge >= 0.3 is 0 Å². The monoisotopic (exact) mass is 303 g/mol. The zero-order chi connectivity index (χ0) is 15.2. The van der Waals surface area contributed by atoms with E-state index in [0.29, 0.717) is 11.6 Å². The second-order valence-corrected chi connectivity index (χ2v) is 5.36. The number of aryl methyl sites for hydroxylation is 2. The number of carbonyl (C=O) groups excluding carboxylic acids is 1. The van der Waals surface area contributed by atoms with Crippen LogP contribution in [0.1, 0.15) is 28.8 Å². The first kappa shape index (κ1) is 15.3. The molecule has 1 amide bonds. The molecule has 0 radical (unpaired) electrons. The molecule has 3 N–H and O–H groups in total. The molecule has 0 saturated heterocycles. The van der Waals surface area contributed by atoms with E-state index in [1.807, 2.05) is 18.2 Å². The highest BCUT2D eigenvalue weighted by Crippen LogP contribution is 2.09. The number of aromatic nitrogens is 1. The van der Waals surface area contributed by atoms with E-state index in [0.717, 1.165) is 19.3 Å². The Hall–Kier alpha value is -2.07. The molecule has 0 unspecified atom stereocenters. The summed E-state index contributed by atoms with van der Waals surface area (Å²) >= 11 is 5.96. The lowest BCUT2D eigenvalue weighted by molar-refractivity contribution is 0.0997. The molecule has 1 heterocycles. The Morgan fingerprint density at radius 1 is 1.24 bits per heavy atom. The molecular formula is C16H18ClN3O. The molecular weight excluding hydrogens is 286 g/mol. The van der Waals surface area contributed by atoms with Gasteiger partial charge in [0.25, 0.3) is 5.91 Å². The van der Waals surface area contributed by atoms with Crippen LogP contribution in [0.15, 0.2) is 42.6 Å². The van der Waals surface area contributed by atoms with Crippen LogP contribution in [0, 0.1) is 5.41 Å². The summed E-state index contributed by atoms with van der Waals surface area (Å²) in [4.78, 5) is 11.3. The highest BCUT2D eigenvalue weighted by atomic mass is 35.5. The summed E-state index contributed by atoms with van der Waals surface area (Å²) in [7, 11) is 0. The Bertz CT molecular complexity index is 680. The fourth-order valence-corrected chi connectivity index (χ4v) is 2.46. The van der Waals surface area contributed by atoms with Crippen molar-refractivity contribution in [1.82, 2.24) is 4.57 Å². The number of halogens is 1. The standard InChI is InChI=1S/C16H18ClN3O/c17-13-10-14(16(19)21)15(18)20(11-13)9-5-4-8-12-6-2-1-3-7-12/h1-3,6-7,10-11,18H,4-5,8-9H2,(H2,19,21). The number of hydrogen-bond donors (Lipinski definition) is 2. The summed E-state index contributed by atoms with van der Waals surface area (Å²) < 4.78 is 1.67. The lowest BCUT2D eigenvalue weighted by Crippen LogP contribution is -2.29. The van der Waals surface area contributed by atoms with E-state index in [9.17, 15) is 4.79 Å². The Balaban J connectivity index is 1.97. The fourth-order valence-electron chi connectivity index (χ4n) is 2.23. The number of nitrogens with two attached hydrogens (primary N) is 1. The molecule has 0 saturated carbocycles. The molecule has 1 aromatic carbocycles. The minimum atomic E-state index is -0.625. The second-order valence-electron chi connectivity index (χ2n) is 4.92. The van der Waals surface area contributed by atoms with Crippen molar-refractivity contribution in [3.05, 3.63) is 64.2 Å². The number of unbranched alkanes of at least 4 members (excludes halogenated alkanes) is 1. The number of hydrogen-bond acceptors (Lipinski definition) is 2. The summed E-state index contributed by atoms with van der Waals surface area (Å²) in [5.74, 6) is -0.625. The Morgan fingerprint density at radius 3 is 2.62 bits per heavy atom. The number of benzene rings is 1. The van der Waals surface area contributed by atoms with Crippen molar-refractivity contribution in [2.45, 2.75) is 25.8 Å². The minimum Gasteiger partial charge on any atom is -0.365 e. The molecule has 5 heteroatoms. The third-order valence-electron chi connectivity index (χ3n) is 3.33. The smallest absolute Gasteiger partial charge is 0.252 e. The van der Waals surface area contributed by atoms with E-state index in [1.165, 1.54) is 11.6 Å². The van der Waals surface area contributed by atoms with Gasteiger partial charge in [0.2, 0.25) is 0 Å². The van der Waals surface area contributed by atoms with Gasteiger partial charge in [-0.2, -0.15) is 0 Å². The molecule has 0 fully saturated rings. The molecule has 0 aliphatic carbocycles. The molecule has 2 rings (SSSR count). The average molecular weight is 304 g/mol. The number of carbonyl (C=O) groups is 1. The highest BCUT2D eigenvalue weighted by molar-refractivity contribution is 6.30. The maximum Gasteiger partial charge on any atom is 0.252 e. The van der Waals surface area contributed by atoms with Crippen LogP contribution in [-0.2, 0) is 13.0 Å². The quantitative estimate of drug-likeness (QED) is 0.791. The lowest BCUT2D eigenvalue weighted by atomic mass is 10.1. The van der Waals surface area contributed by atoms with E-state index in [4.69, 9.17) is 22.7 Å². The summed E-state index contributed by atoms with van der Waals surface area (Å²) in [6, 6.07) is 11.7. The van der Waals surface area contributed by atoms with Crippen LogP contribution in [0.5, 0.6) is 0 Å². The summed E-state index contributed by atoms with van der Waals surface area (Å²) in [5.41, 5.74) is 6.83. The first-order chi connectivity index (χ1) is 10.1. The van der Waals surface area contributed by atoms with Gasteiger partial charge in [-0.25, -0.2) is 0 Å². The molecule has 0 spiro atoms. The van der Waals surface area contributed by atoms with Gasteiger partial charge < -0.3 is 10.3 Å². The third-order valence-corrected chi connectivity index (χ3v) is 3.53. The van der Waals surface area contributed by atoms with Crippen molar-refractivity contribution in [2.24, 2.45) is 5.73 Å². The number of nitrogens with one attached hydrogen (secondary N) is 1. The molecule has 0 bridgehead atoms. The second kappa shape index (κ2) is 7.09. The van der Waals surface area contributed by atoms with Crippen LogP contribution in [0.4, 0.5) is 0 Å². The maximum absolute atomic E-state index is 11.3. The van der Waals surface area contributed by atoms with Crippen LogP contribution in [-0.4, -0.2) is 10.5 Å². The average Bonchev–Trinajstić information content (AvgIpc) is 2.47. The van der Waals surface area contributed by atoms with Crippen molar-refractivity contribution in [2.75, 3.05) is 0 Å². The zero-order valence-corrected chi connectivity index (χ0v) is 12.4. The van der Waals surface area contributed by atoms with E-state index < -0.39 is 5.91 Å². The largest absolute Gasteiger partial charge is 0.365 e. The Morgan fingerprint density at radius 2 is 1.95 bits per heavy atom. The number of pyridine rings is 1. The normalized spacial score (nSPS) is 10.5. The maximum atomic E-state index is 11.3. The van der Waals surface area contributed by atoms with Crippen LogP contribution in [0.3, 0.4) is 0 Å². The summed E-state index contributed by atoms with van der Waals surface area (Å²) in [5, 5.41) is 8.40. The van der Waals surface area contributed by atoms with E-state index in [1.54, 1.807) is 10.8 Å². The molecule has 0 aliphatic heterocycles.